The van der Waals surface area contributed by atoms with E-state index in [0.29, 0.717) is 0 Å². The fourth-order valence-corrected chi connectivity index (χ4v) is 4.76. The van der Waals surface area contributed by atoms with Gasteiger partial charge in [-0.2, -0.15) is 0 Å². The monoisotopic (exact) mass is 328 g/mol. The Balaban J connectivity index is 1.99. The van der Waals surface area contributed by atoms with E-state index in [4.69, 9.17) is 0 Å². The molecule has 128 valence electrons. The van der Waals surface area contributed by atoms with E-state index in [1.54, 1.807) is 11.1 Å². The predicted octanol–water partition coefficient (Wildman–Crippen LogP) is 7.49. The highest BCUT2D eigenvalue weighted by Gasteiger charge is 2.41. The molecule has 0 radical (unpaired) electrons. The molecule has 0 heteroatoms. The van der Waals surface area contributed by atoms with Crippen LogP contribution >= 0.6 is 0 Å². The van der Waals surface area contributed by atoms with Crippen LogP contribution in [-0.2, 0) is 5.41 Å². The summed E-state index contributed by atoms with van der Waals surface area (Å²) < 4.78 is 0. The third kappa shape index (κ3) is 2.59. The lowest BCUT2D eigenvalue weighted by molar-refractivity contribution is 0.415. The summed E-state index contributed by atoms with van der Waals surface area (Å²) >= 11 is 0. The minimum absolute atomic E-state index is 0.210. The van der Waals surface area contributed by atoms with Gasteiger partial charge in [0.2, 0.25) is 0 Å². The van der Waals surface area contributed by atoms with E-state index >= 15 is 0 Å². The minimum atomic E-state index is 0.210. The van der Waals surface area contributed by atoms with E-state index in [9.17, 15) is 0 Å². The van der Waals surface area contributed by atoms with Gasteiger partial charge in [0.25, 0.3) is 0 Å². The van der Waals surface area contributed by atoms with Crippen molar-refractivity contribution >= 4 is 10.8 Å². The number of rotatable bonds is 6. The van der Waals surface area contributed by atoms with Gasteiger partial charge in [-0.3, -0.25) is 0 Å². The molecule has 0 N–H and O–H groups in total. The Morgan fingerprint density at radius 1 is 0.640 bits per heavy atom. The molecule has 0 nitrogen and oxygen atoms in total. The van der Waals surface area contributed by atoms with E-state index in [-0.39, 0.29) is 5.41 Å². The van der Waals surface area contributed by atoms with Gasteiger partial charge in [0, 0.05) is 5.41 Å². The Bertz CT molecular complexity index is 879. The first-order valence-corrected chi connectivity index (χ1v) is 9.93. The summed E-state index contributed by atoms with van der Waals surface area (Å²) in [6, 6.07) is 22.9. The van der Waals surface area contributed by atoms with E-state index in [0.717, 1.165) is 0 Å². The zero-order valence-corrected chi connectivity index (χ0v) is 15.5. The summed E-state index contributed by atoms with van der Waals surface area (Å²) in [6.45, 7) is 4.63. The lowest BCUT2D eigenvalue weighted by Crippen LogP contribution is -2.25. The smallest absolute Gasteiger partial charge is 0.0215 e. The highest BCUT2D eigenvalue weighted by molar-refractivity contribution is 5.93. The van der Waals surface area contributed by atoms with Gasteiger partial charge in [-0.25, -0.2) is 0 Å². The zero-order chi connectivity index (χ0) is 17.3. The maximum atomic E-state index is 2.50. The first-order chi connectivity index (χ1) is 12.3. The number of hydrogen-bond acceptors (Lipinski definition) is 0. The van der Waals surface area contributed by atoms with Gasteiger partial charge in [0.15, 0.2) is 0 Å². The van der Waals surface area contributed by atoms with Crippen molar-refractivity contribution in [1.29, 1.82) is 0 Å². The van der Waals surface area contributed by atoms with Gasteiger partial charge in [-0.15, -0.1) is 0 Å². The molecule has 0 fully saturated rings. The normalized spacial score (nSPS) is 14.5. The van der Waals surface area contributed by atoms with Crippen molar-refractivity contribution in [2.75, 3.05) is 0 Å². The quantitative estimate of drug-likeness (QED) is 0.440. The van der Waals surface area contributed by atoms with E-state index in [1.165, 1.54) is 60.4 Å². The molecule has 4 rings (SSSR count). The van der Waals surface area contributed by atoms with E-state index in [2.05, 4.69) is 74.5 Å². The van der Waals surface area contributed by atoms with Crippen LogP contribution in [-0.4, -0.2) is 0 Å². The second kappa shape index (κ2) is 6.67. The number of unbranched alkanes of at least 4 members (excludes halogenated alkanes) is 2. The highest BCUT2D eigenvalue weighted by atomic mass is 14.4. The number of benzene rings is 3. The van der Waals surface area contributed by atoms with Crippen molar-refractivity contribution in [3.05, 3.63) is 71.8 Å². The van der Waals surface area contributed by atoms with Gasteiger partial charge >= 0.3 is 0 Å². The second-order valence-electron chi connectivity index (χ2n) is 7.58. The molecule has 0 bridgehead atoms. The summed E-state index contributed by atoms with van der Waals surface area (Å²) in [5, 5.41) is 2.74. The van der Waals surface area contributed by atoms with Crippen LogP contribution in [0.15, 0.2) is 60.7 Å². The number of hydrogen-bond donors (Lipinski definition) is 0. The molecule has 0 heterocycles. The van der Waals surface area contributed by atoms with Gasteiger partial charge in [0.05, 0.1) is 0 Å². The fourth-order valence-electron chi connectivity index (χ4n) is 4.76. The SMILES string of the molecule is CCCCC1(CCCC)c2ccccc2-c2cc3ccccc3cc21. The standard InChI is InChI=1S/C25H28/c1-3-5-15-25(16-6-4-2)23-14-10-9-13-21(23)22-17-19-11-7-8-12-20(19)18-24(22)25/h7-14,17-18H,3-6,15-16H2,1-2H3. The molecule has 0 unspecified atom stereocenters. The summed E-state index contributed by atoms with van der Waals surface area (Å²) in [7, 11) is 0. The Hall–Kier alpha value is -2.08. The van der Waals surface area contributed by atoms with Gasteiger partial charge in [0.1, 0.15) is 0 Å². The third-order valence-electron chi connectivity index (χ3n) is 6.05. The molecule has 0 atom stereocenters. The van der Waals surface area contributed by atoms with Crippen molar-refractivity contribution in [2.24, 2.45) is 0 Å². The number of fused-ring (bicyclic) bond motifs is 4. The van der Waals surface area contributed by atoms with Crippen molar-refractivity contribution in [3.63, 3.8) is 0 Å². The molecule has 0 spiro atoms. The van der Waals surface area contributed by atoms with Gasteiger partial charge in [-0.05, 0) is 58.0 Å². The van der Waals surface area contributed by atoms with Crippen LogP contribution in [0.5, 0.6) is 0 Å². The lowest BCUT2D eigenvalue weighted by atomic mass is 9.70. The molecular weight excluding hydrogens is 300 g/mol. The average Bonchev–Trinajstić information content (AvgIpc) is 2.93. The van der Waals surface area contributed by atoms with Crippen molar-refractivity contribution in [2.45, 2.75) is 57.8 Å². The average molecular weight is 328 g/mol. The summed E-state index contributed by atoms with van der Waals surface area (Å²) in [5.74, 6) is 0. The zero-order valence-electron chi connectivity index (χ0n) is 15.5. The first kappa shape index (κ1) is 16.4. The first-order valence-electron chi connectivity index (χ1n) is 9.93. The highest BCUT2D eigenvalue weighted by Crippen LogP contribution is 2.54. The Labute approximate surface area is 151 Å². The summed E-state index contributed by atoms with van der Waals surface area (Å²) in [4.78, 5) is 0. The fraction of sp³-hybridized carbons (Fsp3) is 0.360. The van der Waals surface area contributed by atoms with Crippen molar-refractivity contribution in [1.82, 2.24) is 0 Å². The predicted molar refractivity (Wildman–Crippen MR) is 109 cm³/mol. The van der Waals surface area contributed by atoms with Gasteiger partial charge < -0.3 is 0 Å². The molecule has 0 saturated heterocycles. The maximum absolute atomic E-state index is 2.50. The molecule has 0 saturated carbocycles. The molecule has 0 amide bonds. The Kier molecular flexibility index (Phi) is 4.37. The molecule has 1 aliphatic rings. The Morgan fingerprint density at radius 2 is 1.24 bits per heavy atom. The molecule has 0 aliphatic heterocycles. The van der Waals surface area contributed by atoms with Crippen LogP contribution < -0.4 is 0 Å². The van der Waals surface area contributed by atoms with Crippen LogP contribution in [0.3, 0.4) is 0 Å². The van der Waals surface area contributed by atoms with E-state index in [1.807, 2.05) is 0 Å². The minimum Gasteiger partial charge on any atom is -0.0654 e. The van der Waals surface area contributed by atoms with Gasteiger partial charge in [-0.1, -0.05) is 88.1 Å². The summed E-state index contributed by atoms with van der Waals surface area (Å²) in [5.41, 5.74) is 6.30. The largest absolute Gasteiger partial charge is 0.0654 e. The van der Waals surface area contributed by atoms with Crippen LogP contribution in [0.4, 0.5) is 0 Å². The van der Waals surface area contributed by atoms with Crippen LogP contribution in [0, 0.1) is 0 Å². The van der Waals surface area contributed by atoms with Crippen LogP contribution in [0.2, 0.25) is 0 Å². The Morgan fingerprint density at radius 3 is 1.92 bits per heavy atom. The van der Waals surface area contributed by atoms with Crippen molar-refractivity contribution < 1.29 is 0 Å². The topological polar surface area (TPSA) is 0 Å². The van der Waals surface area contributed by atoms with Crippen molar-refractivity contribution in [3.8, 4) is 11.1 Å². The molecule has 1 aliphatic carbocycles. The second-order valence-corrected chi connectivity index (χ2v) is 7.58. The molecule has 25 heavy (non-hydrogen) atoms. The lowest BCUT2D eigenvalue weighted by Gasteiger charge is -2.32. The third-order valence-corrected chi connectivity index (χ3v) is 6.05. The molecule has 3 aromatic rings. The molecular formula is C25H28. The summed E-state index contributed by atoms with van der Waals surface area (Å²) in [6.07, 6.45) is 7.66. The van der Waals surface area contributed by atoms with Crippen LogP contribution in [0.1, 0.15) is 63.5 Å². The van der Waals surface area contributed by atoms with Crippen LogP contribution in [0.25, 0.3) is 21.9 Å². The van der Waals surface area contributed by atoms with E-state index < -0.39 is 0 Å². The maximum Gasteiger partial charge on any atom is 0.0215 e. The molecule has 3 aromatic carbocycles. The molecule has 0 aromatic heterocycles.